The van der Waals surface area contributed by atoms with Crippen molar-refractivity contribution in [1.29, 1.82) is 0 Å². The topological polar surface area (TPSA) is 72.6 Å². The van der Waals surface area contributed by atoms with Gasteiger partial charge in [-0.2, -0.15) is 0 Å². The van der Waals surface area contributed by atoms with Crippen molar-refractivity contribution < 1.29 is 18.6 Å². The van der Waals surface area contributed by atoms with Crippen LogP contribution in [0.2, 0.25) is 0 Å². The standard InChI is InChI=1S/C22H29FN4O3/c1-28-19-9-4-16(20(29-2)21(19)30-3)10-11-25-22(24)27-14-12-26(13-15-27)18-7-5-17(23)6-8-18/h4-9H,10-15H2,1-3H3,(H2,24,25). The number of halogens is 1. The molecule has 0 atom stereocenters. The van der Waals surface area contributed by atoms with E-state index in [0.717, 1.165) is 37.4 Å². The first-order valence-electron chi connectivity index (χ1n) is 9.90. The van der Waals surface area contributed by atoms with Crippen LogP contribution in [0.25, 0.3) is 0 Å². The first-order valence-corrected chi connectivity index (χ1v) is 9.90. The minimum absolute atomic E-state index is 0.222. The summed E-state index contributed by atoms with van der Waals surface area (Å²) in [7, 11) is 4.79. The Kier molecular flexibility index (Phi) is 7.21. The molecule has 0 aliphatic carbocycles. The quantitative estimate of drug-likeness (QED) is 0.552. The van der Waals surface area contributed by atoms with Crippen molar-refractivity contribution in [3.8, 4) is 17.2 Å². The third-order valence-corrected chi connectivity index (χ3v) is 5.24. The average molecular weight is 416 g/mol. The first-order chi connectivity index (χ1) is 14.6. The van der Waals surface area contributed by atoms with Crippen molar-refractivity contribution in [1.82, 2.24) is 4.90 Å². The molecule has 8 heteroatoms. The number of nitrogens with zero attached hydrogens (tertiary/aromatic N) is 3. The summed E-state index contributed by atoms with van der Waals surface area (Å²) in [5.74, 6) is 2.16. The Labute approximate surface area is 176 Å². The number of guanidine groups is 1. The molecule has 1 aliphatic rings. The summed E-state index contributed by atoms with van der Waals surface area (Å²) in [6, 6.07) is 10.4. The van der Waals surface area contributed by atoms with Gasteiger partial charge >= 0.3 is 0 Å². The Hall–Kier alpha value is -3.16. The van der Waals surface area contributed by atoms with Crippen molar-refractivity contribution in [2.45, 2.75) is 6.42 Å². The van der Waals surface area contributed by atoms with Gasteiger partial charge in [0, 0.05) is 44.0 Å². The summed E-state index contributed by atoms with van der Waals surface area (Å²) in [6.45, 7) is 3.70. The fourth-order valence-electron chi connectivity index (χ4n) is 3.60. The molecule has 3 rings (SSSR count). The normalized spacial score (nSPS) is 14.6. The van der Waals surface area contributed by atoms with Crippen LogP contribution in [-0.4, -0.2) is 64.9 Å². The van der Waals surface area contributed by atoms with Crippen LogP contribution in [0.3, 0.4) is 0 Å². The monoisotopic (exact) mass is 416 g/mol. The van der Waals surface area contributed by atoms with Crippen LogP contribution in [0.1, 0.15) is 5.56 Å². The molecular formula is C22H29FN4O3. The number of aliphatic imine (C=N–C) groups is 1. The number of nitrogens with two attached hydrogens (primary N) is 1. The Bertz CT molecular complexity index is 865. The van der Waals surface area contributed by atoms with E-state index in [0.29, 0.717) is 36.2 Å². The molecule has 30 heavy (non-hydrogen) atoms. The van der Waals surface area contributed by atoms with E-state index < -0.39 is 0 Å². The van der Waals surface area contributed by atoms with Gasteiger partial charge in [-0.25, -0.2) is 4.39 Å². The molecule has 0 saturated carbocycles. The second kappa shape index (κ2) is 10.0. The van der Waals surface area contributed by atoms with Gasteiger partial charge in [-0.1, -0.05) is 6.07 Å². The van der Waals surface area contributed by atoms with Gasteiger partial charge in [-0.15, -0.1) is 0 Å². The number of rotatable bonds is 7. The zero-order chi connectivity index (χ0) is 21.5. The van der Waals surface area contributed by atoms with Crippen LogP contribution in [0.15, 0.2) is 41.4 Å². The van der Waals surface area contributed by atoms with Gasteiger partial charge in [0.25, 0.3) is 0 Å². The number of benzene rings is 2. The van der Waals surface area contributed by atoms with E-state index in [1.807, 2.05) is 12.1 Å². The van der Waals surface area contributed by atoms with E-state index in [-0.39, 0.29) is 5.82 Å². The number of anilines is 1. The molecule has 162 valence electrons. The van der Waals surface area contributed by atoms with Gasteiger partial charge in [-0.3, -0.25) is 4.99 Å². The second-order valence-electron chi connectivity index (χ2n) is 6.93. The third-order valence-electron chi connectivity index (χ3n) is 5.24. The Morgan fingerprint density at radius 1 is 0.933 bits per heavy atom. The molecule has 2 aromatic carbocycles. The molecule has 1 fully saturated rings. The van der Waals surface area contributed by atoms with E-state index in [2.05, 4.69) is 14.8 Å². The van der Waals surface area contributed by atoms with E-state index >= 15 is 0 Å². The zero-order valence-electron chi connectivity index (χ0n) is 17.7. The highest BCUT2D eigenvalue weighted by Crippen LogP contribution is 2.39. The number of hydrogen-bond donors (Lipinski definition) is 1. The van der Waals surface area contributed by atoms with Crippen LogP contribution < -0.4 is 24.8 Å². The van der Waals surface area contributed by atoms with Crippen LogP contribution in [0, 0.1) is 5.82 Å². The Morgan fingerprint density at radius 2 is 1.60 bits per heavy atom. The highest BCUT2D eigenvalue weighted by molar-refractivity contribution is 5.78. The lowest BCUT2D eigenvalue weighted by Crippen LogP contribution is -2.51. The molecule has 1 heterocycles. The summed E-state index contributed by atoms with van der Waals surface area (Å²) in [5, 5.41) is 0. The molecule has 0 spiro atoms. The summed E-state index contributed by atoms with van der Waals surface area (Å²) < 4.78 is 29.4. The molecule has 0 unspecified atom stereocenters. The lowest BCUT2D eigenvalue weighted by molar-refractivity contribution is 0.322. The molecule has 0 bridgehead atoms. The molecule has 1 saturated heterocycles. The maximum atomic E-state index is 13.1. The van der Waals surface area contributed by atoms with E-state index in [9.17, 15) is 4.39 Å². The van der Waals surface area contributed by atoms with Crippen molar-refractivity contribution in [2.75, 3.05) is 59.0 Å². The maximum absolute atomic E-state index is 13.1. The van der Waals surface area contributed by atoms with E-state index in [1.165, 1.54) is 12.1 Å². The zero-order valence-corrected chi connectivity index (χ0v) is 17.7. The van der Waals surface area contributed by atoms with Crippen molar-refractivity contribution >= 4 is 11.6 Å². The summed E-state index contributed by atoms with van der Waals surface area (Å²) in [6.07, 6.45) is 0.666. The predicted octanol–water partition coefficient (Wildman–Crippen LogP) is 2.53. The summed E-state index contributed by atoms with van der Waals surface area (Å²) in [4.78, 5) is 8.85. The minimum atomic E-state index is -0.222. The smallest absolute Gasteiger partial charge is 0.203 e. The van der Waals surface area contributed by atoms with Crippen LogP contribution in [0.5, 0.6) is 17.2 Å². The Balaban J connectivity index is 1.57. The number of hydrogen-bond acceptors (Lipinski definition) is 5. The van der Waals surface area contributed by atoms with Gasteiger partial charge in [0.2, 0.25) is 5.75 Å². The van der Waals surface area contributed by atoms with Gasteiger partial charge in [-0.05, 0) is 36.8 Å². The van der Waals surface area contributed by atoms with Crippen LogP contribution in [-0.2, 0) is 6.42 Å². The molecule has 2 N–H and O–H groups in total. The average Bonchev–Trinajstić information content (AvgIpc) is 2.79. The van der Waals surface area contributed by atoms with Crippen molar-refractivity contribution in [2.24, 2.45) is 10.7 Å². The third kappa shape index (κ3) is 4.87. The fraction of sp³-hybridized carbons (Fsp3) is 0.409. The van der Waals surface area contributed by atoms with E-state index in [4.69, 9.17) is 19.9 Å². The highest BCUT2D eigenvalue weighted by atomic mass is 19.1. The minimum Gasteiger partial charge on any atom is -0.493 e. The largest absolute Gasteiger partial charge is 0.493 e. The molecule has 7 nitrogen and oxygen atoms in total. The number of ether oxygens (including phenoxy) is 3. The second-order valence-corrected chi connectivity index (χ2v) is 6.93. The molecule has 0 aromatic heterocycles. The van der Waals surface area contributed by atoms with Gasteiger partial charge in [0.05, 0.1) is 21.3 Å². The predicted molar refractivity (Wildman–Crippen MR) is 116 cm³/mol. The first kappa shape index (κ1) is 21.5. The molecular weight excluding hydrogens is 387 g/mol. The van der Waals surface area contributed by atoms with Gasteiger partial charge in [0.1, 0.15) is 5.82 Å². The van der Waals surface area contributed by atoms with Gasteiger partial charge in [0.15, 0.2) is 17.5 Å². The number of piperazine rings is 1. The van der Waals surface area contributed by atoms with Gasteiger partial charge < -0.3 is 29.7 Å². The molecule has 0 radical (unpaired) electrons. The lowest BCUT2D eigenvalue weighted by atomic mass is 10.1. The van der Waals surface area contributed by atoms with Crippen LogP contribution >= 0.6 is 0 Å². The van der Waals surface area contributed by atoms with Crippen LogP contribution in [0.4, 0.5) is 10.1 Å². The maximum Gasteiger partial charge on any atom is 0.203 e. The number of methoxy groups -OCH3 is 3. The van der Waals surface area contributed by atoms with Crippen molar-refractivity contribution in [3.05, 3.63) is 47.8 Å². The molecule has 0 amide bonds. The highest BCUT2D eigenvalue weighted by Gasteiger charge is 2.19. The van der Waals surface area contributed by atoms with Crippen molar-refractivity contribution in [3.63, 3.8) is 0 Å². The Morgan fingerprint density at radius 3 is 2.20 bits per heavy atom. The molecule has 2 aromatic rings. The van der Waals surface area contributed by atoms with E-state index in [1.54, 1.807) is 33.5 Å². The lowest BCUT2D eigenvalue weighted by Gasteiger charge is -2.36. The SMILES string of the molecule is COc1ccc(CCN=C(N)N2CCN(c3ccc(F)cc3)CC2)c(OC)c1OC. The molecule has 1 aliphatic heterocycles. The summed E-state index contributed by atoms with van der Waals surface area (Å²) >= 11 is 0. The summed E-state index contributed by atoms with van der Waals surface area (Å²) in [5.41, 5.74) is 8.22. The fourth-order valence-corrected chi connectivity index (χ4v) is 3.60.